The fourth-order valence-electron chi connectivity index (χ4n) is 2.59. The van der Waals surface area contributed by atoms with Gasteiger partial charge in [0.25, 0.3) is 0 Å². The van der Waals surface area contributed by atoms with Gasteiger partial charge in [0.05, 0.1) is 7.11 Å². The first-order valence-electron chi connectivity index (χ1n) is 7.94. The first-order valence-corrected chi connectivity index (χ1v) is 7.94. The average molecular weight is 326 g/mol. The lowest BCUT2D eigenvalue weighted by molar-refractivity contribution is -0.149. The maximum Gasteiger partial charge on any atom is 0.328 e. The zero-order valence-corrected chi connectivity index (χ0v) is 14.9. The van der Waals surface area contributed by atoms with Crippen molar-refractivity contribution in [3.05, 3.63) is 12.7 Å². The Bertz CT molecular complexity index is 425. The Labute approximate surface area is 139 Å². The fourth-order valence-corrected chi connectivity index (χ4v) is 2.59. The molecule has 0 aliphatic heterocycles. The molecule has 6 heteroatoms. The van der Waals surface area contributed by atoms with Gasteiger partial charge in [-0.3, -0.25) is 9.59 Å². The summed E-state index contributed by atoms with van der Waals surface area (Å²) < 4.78 is 4.76. The Morgan fingerprint density at radius 2 is 2.04 bits per heavy atom. The van der Waals surface area contributed by atoms with Gasteiger partial charge in [-0.2, -0.15) is 0 Å². The molecule has 0 unspecified atom stereocenters. The molecule has 0 aliphatic rings. The zero-order chi connectivity index (χ0) is 18.0. The van der Waals surface area contributed by atoms with Gasteiger partial charge in [0.2, 0.25) is 12.3 Å². The minimum absolute atomic E-state index is 0.110. The quantitative estimate of drug-likeness (QED) is 0.357. The normalized spacial score (nSPS) is 15.7. The Morgan fingerprint density at radius 3 is 2.43 bits per heavy atom. The van der Waals surface area contributed by atoms with Crippen LogP contribution in [0.2, 0.25) is 0 Å². The molecule has 1 N–H and O–H groups in total. The minimum atomic E-state index is -0.687. The van der Waals surface area contributed by atoms with E-state index in [1.165, 1.54) is 18.9 Å². The molecule has 0 rings (SSSR count). The van der Waals surface area contributed by atoms with Crippen molar-refractivity contribution in [3.63, 3.8) is 0 Å². The van der Waals surface area contributed by atoms with Crippen molar-refractivity contribution in [2.24, 2.45) is 5.92 Å². The van der Waals surface area contributed by atoms with E-state index in [1.807, 2.05) is 6.92 Å². The van der Waals surface area contributed by atoms with Crippen LogP contribution in [-0.4, -0.2) is 48.4 Å². The molecule has 132 valence electrons. The molecule has 3 atom stereocenters. The molecule has 0 saturated carbocycles. The molecule has 0 heterocycles. The molecule has 0 aromatic rings. The van der Waals surface area contributed by atoms with E-state index in [0.717, 1.165) is 6.42 Å². The highest BCUT2D eigenvalue weighted by molar-refractivity contribution is 5.78. The van der Waals surface area contributed by atoms with Crippen LogP contribution in [0.4, 0.5) is 0 Å². The van der Waals surface area contributed by atoms with Crippen LogP contribution in [0.3, 0.4) is 0 Å². The van der Waals surface area contributed by atoms with Gasteiger partial charge in [-0.25, -0.2) is 4.79 Å². The Morgan fingerprint density at radius 1 is 1.43 bits per heavy atom. The van der Waals surface area contributed by atoms with Crippen molar-refractivity contribution in [1.29, 1.82) is 0 Å². The summed E-state index contributed by atoms with van der Waals surface area (Å²) >= 11 is 0. The van der Waals surface area contributed by atoms with E-state index < -0.39 is 17.6 Å². The molecule has 0 spiro atoms. The van der Waals surface area contributed by atoms with E-state index in [9.17, 15) is 14.4 Å². The van der Waals surface area contributed by atoms with E-state index >= 15 is 0 Å². The van der Waals surface area contributed by atoms with Crippen LogP contribution >= 0.6 is 0 Å². The Hall–Kier alpha value is -1.85. The SMILES string of the molecule is C=CC[C@H](C(=O)OC)N(C=O)CC[C@](C)(NC(C)=O)[C@@H](C)CC. The number of methoxy groups -OCH3 is 1. The highest BCUT2D eigenvalue weighted by Crippen LogP contribution is 2.25. The number of nitrogens with zero attached hydrogens (tertiary/aromatic N) is 1. The maximum atomic E-state index is 11.9. The third-order valence-corrected chi connectivity index (χ3v) is 4.45. The highest BCUT2D eigenvalue weighted by Gasteiger charge is 2.33. The minimum Gasteiger partial charge on any atom is -0.467 e. The molecule has 0 aromatic carbocycles. The van der Waals surface area contributed by atoms with Gasteiger partial charge in [-0.1, -0.05) is 26.3 Å². The lowest BCUT2D eigenvalue weighted by Gasteiger charge is -2.38. The lowest BCUT2D eigenvalue weighted by atomic mass is 9.82. The third-order valence-electron chi connectivity index (χ3n) is 4.45. The number of ether oxygens (including phenoxy) is 1. The first-order chi connectivity index (χ1) is 10.7. The van der Waals surface area contributed by atoms with E-state index in [1.54, 1.807) is 6.08 Å². The van der Waals surface area contributed by atoms with Crippen molar-refractivity contribution in [3.8, 4) is 0 Å². The second kappa shape index (κ2) is 10.0. The third kappa shape index (κ3) is 6.42. The molecule has 0 aromatic heterocycles. The van der Waals surface area contributed by atoms with Crippen molar-refractivity contribution < 1.29 is 19.1 Å². The molecule has 0 fully saturated rings. The highest BCUT2D eigenvalue weighted by atomic mass is 16.5. The first kappa shape index (κ1) is 21.1. The summed E-state index contributed by atoms with van der Waals surface area (Å²) in [6, 6.07) is -0.687. The summed E-state index contributed by atoms with van der Waals surface area (Å²) in [5.74, 6) is -0.348. The standard InChI is InChI=1S/C17H30N2O4/c1-7-9-15(16(22)23-6)19(12-20)11-10-17(5,13(3)8-2)18-14(4)21/h7,12-13,15H,1,8-11H2,2-6H3,(H,18,21)/t13-,15+,17-/m0/s1. The van der Waals surface area contributed by atoms with Crippen molar-refractivity contribution in [1.82, 2.24) is 10.2 Å². The number of carbonyl (C=O) groups is 3. The predicted octanol–water partition coefficient (Wildman–Crippen LogP) is 1.89. The zero-order valence-electron chi connectivity index (χ0n) is 14.9. The van der Waals surface area contributed by atoms with Crippen LogP contribution in [-0.2, 0) is 19.1 Å². The van der Waals surface area contributed by atoms with Crippen molar-refractivity contribution >= 4 is 18.3 Å². The van der Waals surface area contributed by atoms with Crippen LogP contribution in [0, 0.1) is 5.92 Å². The van der Waals surface area contributed by atoms with Gasteiger partial charge < -0.3 is 15.0 Å². The summed E-state index contributed by atoms with van der Waals surface area (Å²) in [4.78, 5) is 36.2. The van der Waals surface area contributed by atoms with E-state index in [2.05, 4.69) is 25.7 Å². The summed E-state index contributed by atoms with van der Waals surface area (Å²) in [5, 5.41) is 2.98. The number of nitrogens with one attached hydrogen (secondary N) is 1. The number of amides is 2. The Kier molecular flexibility index (Phi) is 9.22. The van der Waals surface area contributed by atoms with Gasteiger partial charge in [0.15, 0.2) is 0 Å². The van der Waals surface area contributed by atoms with Crippen LogP contribution in [0.1, 0.15) is 47.0 Å². The topological polar surface area (TPSA) is 75.7 Å². The number of esters is 1. The number of hydrogen-bond donors (Lipinski definition) is 1. The number of carbonyl (C=O) groups excluding carboxylic acids is 3. The lowest BCUT2D eigenvalue weighted by Crippen LogP contribution is -2.52. The molecule has 0 saturated heterocycles. The molecule has 0 radical (unpaired) electrons. The van der Waals surface area contributed by atoms with E-state index in [-0.39, 0.29) is 11.8 Å². The van der Waals surface area contributed by atoms with Gasteiger partial charge in [-0.15, -0.1) is 6.58 Å². The van der Waals surface area contributed by atoms with Crippen LogP contribution in [0.25, 0.3) is 0 Å². The van der Waals surface area contributed by atoms with Crippen molar-refractivity contribution in [2.45, 2.75) is 58.5 Å². The van der Waals surface area contributed by atoms with Crippen molar-refractivity contribution in [2.75, 3.05) is 13.7 Å². The number of rotatable bonds is 11. The fraction of sp³-hybridized carbons (Fsp3) is 0.706. The predicted molar refractivity (Wildman–Crippen MR) is 89.7 cm³/mol. The molecule has 0 bridgehead atoms. The van der Waals surface area contributed by atoms with Gasteiger partial charge in [0, 0.05) is 19.0 Å². The largest absolute Gasteiger partial charge is 0.467 e. The van der Waals surface area contributed by atoms with Gasteiger partial charge >= 0.3 is 5.97 Å². The molecular formula is C17H30N2O4. The van der Waals surface area contributed by atoms with Gasteiger partial charge in [-0.05, 0) is 25.7 Å². The number of hydrogen-bond acceptors (Lipinski definition) is 4. The van der Waals surface area contributed by atoms with Gasteiger partial charge in [0.1, 0.15) is 6.04 Å². The molecule has 6 nitrogen and oxygen atoms in total. The maximum absolute atomic E-state index is 11.9. The van der Waals surface area contributed by atoms with Crippen LogP contribution in [0.5, 0.6) is 0 Å². The van der Waals surface area contributed by atoms with E-state index in [4.69, 9.17) is 4.74 Å². The molecule has 23 heavy (non-hydrogen) atoms. The Balaban J connectivity index is 5.14. The van der Waals surface area contributed by atoms with E-state index in [0.29, 0.717) is 25.8 Å². The average Bonchev–Trinajstić information content (AvgIpc) is 2.51. The summed E-state index contributed by atoms with van der Waals surface area (Å²) in [6.07, 6.45) is 4.00. The molecule has 2 amide bonds. The molecular weight excluding hydrogens is 296 g/mol. The second-order valence-electron chi connectivity index (χ2n) is 6.06. The summed E-state index contributed by atoms with van der Waals surface area (Å²) in [7, 11) is 1.29. The summed E-state index contributed by atoms with van der Waals surface area (Å²) in [6.45, 7) is 11.5. The smallest absolute Gasteiger partial charge is 0.328 e. The monoisotopic (exact) mass is 326 g/mol. The van der Waals surface area contributed by atoms with Crippen LogP contribution in [0.15, 0.2) is 12.7 Å². The van der Waals surface area contributed by atoms with Crippen LogP contribution < -0.4 is 5.32 Å². The summed E-state index contributed by atoms with van der Waals surface area (Å²) in [5.41, 5.74) is -0.448. The second-order valence-corrected chi connectivity index (χ2v) is 6.06. The molecule has 0 aliphatic carbocycles.